The Balaban J connectivity index is 2.18. The van der Waals surface area contributed by atoms with Crippen LogP contribution in [0, 0.1) is 19.8 Å². The molecule has 0 aliphatic heterocycles. The van der Waals surface area contributed by atoms with Crippen LogP contribution in [0.3, 0.4) is 0 Å². The highest BCUT2D eigenvalue weighted by molar-refractivity contribution is 7.90. The number of benzene rings is 1. The first-order valence-electron chi connectivity index (χ1n) is 6.69. The van der Waals surface area contributed by atoms with Gasteiger partial charge in [0.2, 0.25) is 5.91 Å². The minimum Gasteiger partial charge on any atom is -0.274 e. The van der Waals surface area contributed by atoms with Gasteiger partial charge in [-0.05, 0) is 44.7 Å². The Kier molecular flexibility index (Phi) is 4.28. The molecule has 0 spiro atoms. The predicted molar refractivity (Wildman–Crippen MR) is 77.7 cm³/mol. The zero-order valence-corrected chi connectivity index (χ0v) is 12.5. The standard InChI is InChI=1S/C15H19NO3S/c1-11-8-9-14(12(2)10-11)20(18,19)16-15(17)13-6-4-3-5-7-13/h3-4,8-10,13H,5-7H2,1-2H3,(H,16,17)/t13-/m1/s1. The van der Waals surface area contributed by atoms with E-state index in [0.29, 0.717) is 18.4 Å². The topological polar surface area (TPSA) is 63.2 Å². The van der Waals surface area contributed by atoms with E-state index in [0.717, 1.165) is 12.0 Å². The average Bonchev–Trinajstić information content (AvgIpc) is 2.38. The molecule has 1 N–H and O–H groups in total. The van der Waals surface area contributed by atoms with E-state index in [1.807, 2.05) is 19.1 Å². The number of carbonyl (C=O) groups excluding carboxylic acids is 1. The lowest BCUT2D eigenvalue weighted by Crippen LogP contribution is -2.36. The van der Waals surface area contributed by atoms with Crippen LogP contribution < -0.4 is 4.72 Å². The Labute approximate surface area is 119 Å². The SMILES string of the molecule is Cc1ccc(S(=O)(=O)NC(=O)[C@@H]2CC=CCC2)c(C)c1. The van der Waals surface area contributed by atoms with Crippen molar-refractivity contribution < 1.29 is 13.2 Å². The van der Waals surface area contributed by atoms with Gasteiger partial charge in [0.05, 0.1) is 4.90 Å². The third-order valence-electron chi connectivity index (χ3n) is 3.49. The molecule has 1 amide bonds. The van der Waals surface area contributed by atoms with Crippen molar-refractivity contribution in [3.8, 4) is 0 Å². The molecule has 1 aromatic rings. The molecule has 0 saturated heterocycles. The molecule has 4 nitrogen and oxygen atoms in total. The molecule has 0 fully saturated rings. The molecule has 0 saturated carbocycles. The van der Waals surface area contributed by atoms with Crippen molar-refractivity contribution in [2.45, 2.75) is 38.0 Å². The van der Waals surface area contributed by atoms with E-state index in [1.54, 1.807) is 25.1 Å². The van der Waals surface area contributed by atoms with E-state index in [4.69, 9.17) is 0 Å². The molecule has 5 heteroatoms. The zero-order chi connectivity index (χ0) is 14.8. The highest BCUT2D eigenvalue weighted by Crippen LogP contribution is 2.20. The highest BCUT2D eigenvalue weighted by atomic mass is 32.2. The fraction of sp³-hybridized carbons (Fsp3) is 0.400. The van der Waals surface area contributed by atoms with Gasteiger partial charge in [-0.1, -0.05) is 29.8 Å². The van der Waals surface area contributed by atoms with Crippen molar-refractivity contribution in [1.82, 2.24) is 4.72 Å². The lowest BCUT2D eigenvalue weighted by Gasteiger charge is -2.17. The molecule has 0 unspecified atom stereocenters. The van der Waals surface area contributed by atoms with Crippen LogP contribution in [0.1, 0.15) is 30.4 Å². The summed E-state index contributed by atoms with van der Waals surface area (Å²) in [5, 5.41) is 0. The number of allylic oxidation sites excluding steroid dienone is 2. The third kappa shape index (κ3) is 3.28. The molecular weight excluding hydrogens is 274 g/mol. The maximum atomic E-state index is 12.3. The van der Waals surface area contributed by atoms with Crippen LogP contribution in [0.2, 0.25) is 0 Å². The van der Waals surface area contributed by atoms with Gasteiger partial charge in [0.15, 0.2) is 0 Å². The van der Waals surface area contributed by atoms with E-state index in [1.165, 1.54) is 0 Å². The maximum absolute atomic E-state index is 12.3. The van der Waals surface area contributed by atoms with Gasteiger partial charge >= 0.3 is 0 Å². The van der Waals surface area contributed by atoms with Crippen LogP contribution in [0.5, 0.6) is 0 Å². The Bertz CT molecular complexity index is 647. The molecule has 1 atom stereocenters. The Hall–Kier alpha value is -1.62. The number of hydrogen-bond donors (Lipinski definition) is 1. The smallest absolute Gasteiger partial charge is 0.264 e. The molecule has 0 aromatic heterocycles. The van der Waals surface area contributed by atoms with Crippen LogP contribution in [-0.4, -0.2) is 14.3 Å². The zero-order valence-electron chi connectivity index (χ0n) is 11.7. The van der Waals surface area contributed by atoms with Crippen molar-refractivity contribution >= 4 is 15.9 Å². The van der Waals surface area contributed by atoms with Crippen LogP contribution in [0.15, 0.2) is 35.2 Å². The molecule has 1 aliphatic carbocycles. The largest absolute Gasteiger partial charge is 0.274 e. The van der Waals surface area contributed by atoms with Gasteiger partial charge in [0.25, 0.3) is 10.0 Å². The number of amides is 1. The average molecular weight is 293 g/mol. The number of nitrogens with one attached hydrogen (secondary N) is 1. The summed E-state index contributed by atoms with van der Waals surface area (Å²) < 4.78 is 26.7. The summed E-state index contributed by atoms with van der Waals surface area (Å²) in [7, 11) is -3.78. The molecule has 20 heavy (non-hydrogen) atoms. The summed E-state index contributed by atoms with van der Waals surface area (Å²) in [5.74, 6) is -0.658. The van der Waals surface area contributed by atoms with E-state index in [9.17, 15) is 13.2 Å². The lowest BCUT2D eigenvalue weighted by molar-refractivity contribution is -0.123. The van der Waals surface area contributed by atoms with Crippen LogP contribution in [0.25, 0.3) is 0 Å². The third-order valence-corrected chi connectivity index (χ3v) is 5.00. The summed E-state index contributed by atoms with van der Waals surface area (Å²) in [6, 6.07) is 5.07. The number of rotatable bonds is 3. The normalized spacial score (nSPS) is 18.8. The first kappa shape index (κ1) is 14.8. The van der Waals surface area contributed by atoms with Gasteiger partial charge in [0.1, 0.15) is 0 Å². The second kappa shape index (κ2) is 5.79. The molecule has 0 bridgehead atoms. The van der Waals surface area contributed by atoms with E-state index in [2.05, 4.69) is 4.72 Å². The maximum Gasteiger partial charge on any atom is 0.264 e. The Morgan fingerprint density at radius 1 is 1.25 bits per heavy atom. The second-order valence-corrected chi connectivity index (χ2v) is 6.87. The van der Waals surface area contributed by atoms with Crippen molar-refractivity contribution in [2.75, 3.05) is 0 Å². The predicted octanol–water partition coefficient (Wildman–Crippen LogP) is 2.46. The summed E-state index contributed by atoms with van der Waals surface area (Å²) in [6.45, 7) is 3.63. The lowest BCUT2D eigenvalue weighted by atomic mass is 9.94. The fourth-order valence-electron chi connectivity index (χ4n) is 2.40. The van der Waals surface area contributed by atoms with Crippen LogP contribution in [-0.2, 0) is 14.8 Å². The molecule has 1 aromatic carbocycles. The van der Waals surface area contributed by atoms with E-state index < -0.39 is 15.9 Å². The summed E-state index contributed by atoms with van der Waals surface area (Å²) >= 11 is 0. The second-order valence-electron chi connectivity index (χ2n) is 5.22. The number of sulfonamides is 1. The summed E-state index contributed by atoms with van der Waals surface area (Å²) in [4.78, 5) is 12.2. The summed E-state index contributed by atoms with van der Waals surface area (Å²) in [6.07, 6.45) is 6.07. The highest BCUT2D eigenvalue weighted by Gasteiger charge is 2.25. The number of aryl methyl sites for hydroxylation is 2. The van der Waals surface area contributed by atoms with Gasteiger partial charge < -0.3 is 0 Å². The Morgan fingerprint density at radius 3 is 2.60 bits per heavy atom. The first-order chi connectivity index (χ1) is 9.40. The van der Waals surface area contributed by atoms with Gasteiger partial charge in [-0.3, -0.25) is 4.79 Å². The van der Waals surface area contributed by atoms with Gasteiger partial charge in [-0.25, -0.2) is 13.1 Å². The van der Waals surface area contributed by atoms with Crippen LogP contribution in [0.4, 0.5) is 0 Å². The fourth-order valence-corrected chi connectivity index (χ4v) is 3.67. The molecule has 0 heterocycles. The van der Waals surface area contributed by atoms with Gasteiger partial charge in [0, 0.05) is 5.92 Å². The van der Waals surface area contributed by atoms with E-state index >= 15 is 0 Å². The Morgan fingerprint density at radius 2 is 2.00 bits per heavy atom. The van der Waals surface area contributed by atoms with Gasteiger partial charge in [-0.15, -0.1) is 0 Å². The molecular formula is C15H19NO3S. The minimum atomic E-state index is -3.78. The van der Waals surface area contributed by atoms with Crippen molar-refractivity contribution in [2.24, 2.45) is 5.92 Å². The van der Waals surface area contributed by atoms with Crippen molar-refractivity contribution in [3.63, 3.8) is 0 Å². The van der Waals surface area contributed by atoms with E-state index in [-0.39, 0.29) is 10.8 Å². The van der Waals surface area contributed by atoms with Crippen molar-refractivity contribution in [1.29, 1.82) is 0 Å². The van der Waals surface area contributed by atoms with Crippen molar-refractivity contribution in [3.05, 3.63) is 41.5 Å². The quantitative estimate of drug-likeness (QED) is 0.871. The number of carbonyl (C=O) groups is 1. The van der Waals surface area contributed by atoms with Gasteiger partial charge in [-0.2, -0.15) is 0 Å². The summed E-state index contributed by atoms with van der Waals surface area (Å²) in [5.41, 5.74) is 1.64. The molecule has 1 aliphatic rings. The first-order valence-corrected chi connectivity index (χ1v) is 8.17. The molecule has 2 rings (SSSR count). The van der Waals surface area contributed by atoms with Crippen LogP contribution >= 0.6 is 0 Å². The molecule has 0 radical (unpaired) electrons. The minimum absolute atomic E-state index is 0.169. The molecule has 108 valence electrons. The number of hydrogen-bond acceptors (Lipinski definition) is 3. The monoisotopic (exact) mass is 293 g/mol.